The minimum Gasteiger partial charge on any atom is -0.465 e. The number of nitrogens with two attached hydrogens (primary N) is 2. The number of ether oxygens (including phenoxy) is 1. The highest BCUT2D eigenvalue weighted by Gasteiger charge is 2.35. The number of rotatable bonds is 2. The second kappa shape index (κ2) is 5.95. The number of nitrogen functional groups attached to an aromatic ring is 2. The van der Waals surface area contributed by atoms with Gasteiger partial charge in [0.25, 0.3) is 0 Å². The quantitative estimate of drug-likeness (QED) is 0.486. The molecule has 0 saturated carbocycles. The maximum absolute atomic E-state index is 12.6. The molecule has 0 fully saturated rings. The monoisotopic (exact) mass is 290 g/mol. The van der Waals surface area contributed by atoms with Gasteiger partial charge in [-0.3, -0.25) is 14.4 Å². The lowest BCUT2D eigenvalue weighted by Gasteiger charge is -2.21. The van der Waals surface area contributed by atoms with Crippen LogP contribution >= 0.6 is 0 Å². The third-order valence-corrected chi connectivity index (χ3v) is 3.58. The number of carbonyl (C=O) groups is 3. The van der Waals surface area contributed by atoms with Crippen molar-refractivity contribution >= 4 is 28.9 Å². The van der Waals surface area contributed by atoms with Crippen molar-refractivity contribution in [3.63, 3.8) is 0 Å². The van der Waals surface area contributed by atoms with Gasteiger partial charge in [0, 0.05) is 17.8 Å². The van der Waals surface area contributed by atoms with E-state index in [2.05, 4.69) is 0 Å². The van der Waals surface area contributed by atoms with E-state index in [-0.39, 0.29) is 47.7 Å². The van der Waals surface area contributed by atoms with E-state index >= 15 is 0 Å². The van der Waals surface area contributed by atoms with Crippen LogP contribution in [0.5, 0.6) is 0 Å². The normalized spacial score (nSPS) is 18.6. The third kappa shape index (κ3) is 2.74. The number of carbonyl (C=O) groups excluding carboxylic acids is 3. The lowest BCUT2D eigenvalue weighted by Crippen LogP contribution is -2.30. The molecule has 1 aliphatic rings. The molecule has 0 bridgehead atoms. The van der Waals surface area contributed by atoms with Crippen LogP contribution in [0.25, 0.3) is 0 Å². The highest BCUT2D eigenvalue weighted by molar-refractivity contribution is 6.19. The first kappa shape index (κ1) is 15.0. The molecule has 6 nitrogen and oxygen atoms in total. The van der Waals surface area contributed by atoms with Gasteiger partial charge in [-0.1, -0.05) is 0 Å². The molecule has 21 heavy (non-hydrogen) atoms. The molecule has 1 aromatic rings. The van der Waals surface area contributed by atoms with Gasteiger partial charge in [0.15, 0.2) is 11.6 Å². The molecule has 1 aliphatic carbocycles. The zero-order valence-corrected chi connectivity index (χ0v) is 11.8. The highest BCUT2D eigenvalue weighted by atomic mass is 16.5. The summed E-state index contributed by atoms with van der Waals surface area (Å²) in [5, 5.41) is 0. The summed E-state index contributed by atoms with van der Waals surface area (Å²) in [4.78, 5) is 36.8. The lowest BCUT2D eigenvalue weighted by molar-refractivity contribution is -0.146. The van der Waals surface area contributed by atoms with Crippen molar-refractivity contribution in [3.05, 3.63) is 23.3 Å². The Hall–Kier alpha value is -2.37. The third-order valence-electron chi connectivity index (χ3n) is 3.58. The number of benzene rings is 1. The van der Waals surface area contributed by atoms with Crippen molar-refractivity contribution in [1.82, 2.24) is 0 Å². The van der Waals surface area contributed by atoms with Gasteiger partial charge in [0.2, 0.25) is 0 Å². The minimum absolute atomic E-state index is 0.0535. The number of ketones is 2. The average molecular weight is 290 g/mol. The Morgan fingerprint density at radius 1 is 1.24 bits per heavy atom. The zero-order valence-electron chi connectivity index (χ0n) is 11.8. The smallest absolute Gasteiger partial charge is 0.316 e. The number of fused-ring (bicyclic) bond motifs is 1. The van der Waals surface area contributed by atoms with E-state index in [0.29, 0.717) is 6.42 Å². The van der Waals surface area contributed by atoms with Crippen molar-refractivity contribution in [3.8, 4) is 0 Å². The Bertz CT molecular complexity index is 610. The SMILES string of the molecule is CCOC(=O)C1CCCC(=O)c2c(N)ccc(N)c2C1=O. The highest BCUT2D eigenvalue weighted by Crippen LogP contribution is 2.32. The molecule has 0 radical (unpaired) electrons. The molecule has 1 unspecified atom stereocenters. The van der Waals surface area contributed by atoms with Gasteiger partial charge < -0.3 is 16.2 Å². The molecule has 2 rings (SSSR count). The summed E-state index contributed by atoms with van der Waals surface area (Å²) < 4.78 is 4.94. The van der Waals surface area contributed by atoms with Crippen LogP contribution in [-0.2, 0) is 9.53 Å². The molecule has 0 spiro atoms. The van der Waals surface area contributed by atoms with Gasteiger partial charge in [-0.15, -0.1) is 0 Å². The molecule has 0 saturated heterocycles. The van der Waals surface area contributed by atoms with Crippen LogP contribution in [0, 0.1) is 5.92 Å². The molecule has 0 aliphatic heterocycles. The number of anilines is 2. The Balaban J connectivity index is 2.55. The Kier molecular flexibility index (Phi) is 4.26. The van der Waals surface area contributed by atoms with E-state index in [1.807, 2.05) is 0 Å². The van der Waals surface area contributed by atoms with Crippen LogP contribution < -0.4 is 11.5 Å². The van der Waals surface area contributed by atoms with Gasteiger partial charge in [-0.2, -0.15) is 0 Å². The first-order chi connectivity index (χ1) is 9.97. The van der Waals surface area contributed by atoms with Crippen molar-refractivity contribution in [2.24, 2.45) is 5.92 Å². The minimum atomic E-state index is -0.930. The van der Waals surface area contributed by atoms with Gasteiger partial charge in [-0.05, 0) is 31.9 Å². The first-order valence-corrected chi connectivity index (χ1v) is 6.89. The first-order valence-electron chi connectivity index (χ1n) is 6.89. The van der Waals surface area contributed by atoms with Gasteiger partial charge in [0.1, 0.15) is 5.92 Å². The van der Waals surface area contributed by atoms with Gasteiger partial charge in [0.05, 0.1) is 17.7 Å². The molecular formula is C15H18N2O4. The van der Waals surface area contributed by atoms with E-state index in [9.17, 15) is 14.4 Å². The van der Waals surface area contributed by atoms with E-state index < -0.39 is 17.7 Å². The number of Topliss-reactive ketones (excluding diaryl/α,β-unsaturated/α-hetero) is 2. The summed E-state index contributed by atoms with van der Waals surface area (Å²) >= 11 is 0. The summed E-state index contributed by atoms with van der Waals surface area (Å²) in [5.74, 6) is -2.21. The fourth-order valence-corrected chi connectivity index (χ4v) is 2.57. The number of hydrogen-bond acceptors (Lipinski definition) is 6. The van der Waals surface area contributed by atoms with Crippen LogP contribution in [0.3, 0.4) is 0 Å². The molecule has 0 amide bonds. The van der Waals surface area contributed by atoms with E-state index in [4.69, 9.17) is 16.2 Å². The fraction of sp³-hybridized carbons (Fsp3) is 0.400. The standard InChI is InChI=1S/C15H18N2O4/c1-2-21-15(20)8-4-3-5-11(18)12-9(16)6-7-10(17)13(12)14(8)19/h6-8H,2-5,16-17H2,1H3. The number of esters is 1. The predicted molar refractivity (Wildman–Crippen MR) is 77.9 cm³/mol. The van der Waals surface area contributed by atoms with Gasteiger partial charge >= 0.3 is 5.97 Å². The van der Waals surface area contributed by atoms with E-state index in [0.717, 1.165) is 0 Å². The molecule has 112 valence electrons. The van der Waals surface area contributed by atoms with Crippen molar-refractivity contribution < 1.29 is 19.1 Å². The van der Waals surface area contributed by atoms with Crippen LogP contribution in [-0.4, -0.2) is 24.1 Å². The molecule has 1 atom stereocenters. The van der Waals surface area contributed by atoms with Crippen molar-refractivity contribution in [1.29, 1.82) is 0 Å². The van der Waals surface area contributed by atoms with Crippen molar-refractivity contribution in [2.75, 3.05) is 18.1 Å². The maximum atomic E-state index is 12.6. The lowest BCUT2D eigenvalue weighted by atomic mass is 9.83. The summed E-state index contributed by atoms with van der Waals surface area (Å²) in [6.45, 7) is 1.87. The molecule has 4 N–H and O–H groups in total. The summed E-state index contributed by atoms with van der Waals surface area (Å²) in [7, 11) is 0. The topological polar surface area (TPSA) is 112 Å². The second-order valence-corrected chi connectivity index (χ2v) is 4.98. The molecule has 0 aromatic heterocycles. The molecule has 1 aromatic carbocycles. The molecule has 6 heteroatoms. The fourth-order valence-electron chi connectivity index (χ4n) is 2.57. The predicted octanol–water partition coefficient (Wildman–Crippen LogP) is 1.58. The Morgan fingerprint density at radius 3 is 2.48 bits per heavy atom. The van der Waals surface area contributed by atoms with E-state index in [1.54, 1.807) is 6.92 Å². The van der Waals surface area contributed by atoms with Crippen LogP contribution in [0.4, 0.5) is 11.4 Å². The Labute approximate surface area is 122 Å². The number of hydrogen-bond donors (Lipinski definition) is 2. The van der Waals surface area contributed by atoms with E-state index in [1.165, 1.54) is 12.1 Å². The largest absolute Gasteiger partial charge is 0.465 e. The summed E-state index contributed by atoms with van der Waals surface area (Å²) in [6.07, 6.45) is 0.933. The van der Waals surface area contributed by atoms with Gasteiger partial charge in [-0.25, -0.2) is 0 Å². The van der Waals surface area contributed by atoms with Crippen LogP contribution in [0.1, 0.15) is 46.9 Å². The van der Waals surface area contributed by atoms with Crippen molar-refractivity contribution in [2.45, 2.75) is 26.2 Å². The second-order valence-electron chi connectivity index (χ2n) is 4.98. The molecular weight excluding hydrogens is 272 g/mol. The zero-order chi connectivity index (χ0) is 15.6. The summed E-state index contributed by atoms with van der Waals surface area (Å²) in [6, 6.07) is 2.98. The van der Waals surface area contributed by atoms with Crippen LogP contribution in [0.2, 0.25) is 0 Å². The average Bonchev–Trinajstić information content (AvgIpc) is 2.43. The maximum Gasteiger partial charge on any atom is 0.316 e. The summed E-state index contributed by atoms with van der Waals surface area (Å²) in [5.41, 5.74) is 12.2. The Morgan fingerprint density at radius 2 is 1.86 bits per heavy atom. The molecule has 0 heterocycles. The van der Waals surface area contributed by atoms with Crippen LogP contribution in [0.15, 0.2) is 12.1 Å².